The lowest BCUT2D eigenvalue weighted by Gasteiger charge is -2.28. The quantitative estimate of drug-likeness (QED) is 0.344. The Morgan fingerprint density at radius 1 is 1.20 bits per heavy atom. The molecule has 2 aromatic heterocycles. The molecule has 0 amide bonds. The average molecular weight is 486 g/mol. The normalized spacial score (nSPS) is 18.5. The zero-order chi connectivity index (χ0) is 25.2. The molecule has 1 aliphatic rings. The third-order valence-corrected chi connectivity index (χ3v) is 5.63. The summed E-state index contributed by atoms with van der Waals surface area (Å²) in [6, 6.07) is 6.81. The minimum atomic E-state index is -0.855. The summed E-state index contributed by atoms with van der Waals surface area (Å²) in [5.74, 6) is -0.354. The maximum atomic E-state index is 13.0. The van der Waals surface area contributed by atoms with Gasteiger partial charge >= 0.3 is 11.9 Å². The summed E-state index contributed by atoms with van der Waals surface area (Å²) >= 11 is 0. The molecule has 3 heterocycles. The Kier molecular flexibility index (Phi) is 7.23. The Balaban J connectivity index is 1.66. The number of para-hydroxylation sites is 1. The second-order valence-corrected chi connectivity index (χ2v) is 9.69. The molecule has 0 aliphatic carbocycles. The summed E-state index contributed by atoms with van der Waals surface area (Å²) in [5.41, 5.74) is 1.05. The summed E-state index contributed by atoms with van der Waals surface area (Å²) in [7, 11) is 0. The number of benzene rings is 1. The van der Waals surface area contributed by atoms with Crippen LogP contribution in [0.25, 0.3) is 22.1 Å². The highest BCUT2D eigenvalue weighted by Gasteiger charge is 2.41. The number of rotatable bonds is 9. The number of aliphatic hydroxyl groups is 1. The largest absolute Gasteiger partial charge is 0.481 e. The van der Waals surface area contributed by atoms with Crippen LogP contribution in [0, 0.1) is 0 Å². The van der Waals surface area contributed by atoms with Crippen molar-refractivity contribution >= 4 is 39.8 Å². The molecule has 0 unspecified atom stereocenters. The molecule has 2 atom stereocenters. The maximum Gasteiger partial charge on any atom is 0.329 e. The zero-order valence-corrected chi connectivity index (χ0v) is 20.2. The molecule has 0 radical (unpaired) electrons. The lowest BCUT2D eigenvalue weighted by atomic mass is 10.1. The van der Waals surface area contributed by atoms with E-state index in [1.807, 2.05) is 24.3 Å². The number of nitrogens with zero attached hydrogens (tertiary/aromatic N) is 3. The van der Waals surface area contributed by atoms with Crippen LogP contribution in [0.2, 0.25) is 0 Å². The van der Waals surface area contributed by atoms with Gasteiger partial charge in [-0.25, -0.2) is 14.8 Å². The molecule has 35 heavy (non-hydrogen) atoms. The van der Waals surface area contributed by atoms with Crippen LogP contribution in [-0.4, -0.2) is 69.6 Å². The minimum absolute atomic E-state index is 0.0525. The molecule has 2 N–H and O–H groups in total. The van der Waals surface area contributed by atoms with Crippen LogP contribution >= 0.6 is 0 Å². The van der Waals surface area contributed by atoms with Gasteiger partial charge in [-0.2, -0.15) is 0 Å². The van der Waals surface area contributed by atoms with Gasteiger partial charge in [0.1, 0.15) is 28.6 Å². The molecule has 10 heteroatoms. The molecule has 1 saturated heterocycles. The Bertz CT molecular complexity index is 1220. The first-order valence-electron chi connectivity index (χ1n) is 11.8. The van der Waals surface area contributed by atoms with E-state index in [-0.39, 0.29) is 19.4 Å². The number of hydrogen-bond donors (Lipinski definition) is 2. The number of furan rings is 1. The van der Waals surface area contributed by atoms with Crippen molar-refractivity contribution in [1.29, 1.82) is 0 Å². The van der Waals surface area contributed by atoms with E-state index in [0.29, 0.717) is 54.4 Å². The van der Waals surface area contributed by atoms with Crippen LogP contribution in [0.15, 0.2) is 28.7 Å². The highest BCUT2D eigenvalue weighted by molar-refractivity contribution is 6.06. The topological polar surface area (TPSA) is 135 Å². The second-order valence-electron chi connectivity index (χ2n) is 9.69. The van der Waals surface area contributed by atoms with Crippen LogP contribution in [0.4, 0.5) is 5.82 Å². The van der Waals surface area contributed by atoms with Gasteiger partial charge in [0.15, 0.2) is 11.4 Å². The zero-order valence-electron chi connectivity index (χ0n) is 20.2. The Morgan fingerprint density at radius 2 is 1.97 bits per heavy atom. The van der Waals surface area contributed by atoms with E-state index >= 15 is 0 Å². The van der Waals surface area contributed by atoms with E-state index in [4.69, 9.17) is 29.0 Å². The molecule has 3 aromatic rings. The van der Waals surface area contributed by atoms with Crippen molar-refractivity contribution < 1.29 is 33.7 Å². The number of carbonyl (C=O) groups is 2. The summed E-state index contributed by atoms with van der Waals surface area (Å²) in [4.78, 5) is 34.8. The molecule has 1 aromatic carbocycles. The van der Waals surface area contributed by atoms with E-state index < -0.39 is 29.7 Å². The first-order chi connectivity index (χ1) is 16.6. The standard InChI is InChI=1S/C25H31N3O7/c1-25(2,3)35-24(32)17-13-15(29)14-28(17)23-22-21(16-7-4-5-8-18(16)34-22)26-19(27-23)10-12-33-11-6-9-20(30)31/h4-5,7-8,15,17,29H,6,9-14H2,1-3H3,(H,30,31)/t15-,17-/m0/s1. The lowest BCUT2D eigenvalue weighted by Crippen LogP contribution is -2.41. The van der Waals surface area contributed by atoms with Gasteiger partial charge in [-0.1, -0.05) is 12.1 Å². The third kappa shape index (κ3) is 5.88. The number of aromatic nitrogens is 2. The summed E-state index contributed by atoms with van der Waals surface area (Å²) < 4.78 is 17.3. The van der Waals surface area contributed by atoms with E-state index in [2.05, 4.69) is 0 Å². The number of carbonyl (C=O) groups excluding carboxylic acids is 1. The number of carboxylic acid groups (broad SMARTS) is 1. The predicted octanol–water partition coefficient (Wildman–Crippen LogP) is 3.08. The fraction of sp³-hybridized carbons (Fsp3) is 0.520. The predicted molar refractivity (Wildman–Crippen MR) is 128 cm³/mol. The molecule has 188 valence electrons. The maximum absolute atomic E-state index is 13.0. The monoisotopic (exact) mass is 485 g/mol. The van der Waals surface area contributed by atoms with Crippen LogP contribution < -0.4 is 4.90 Å². The van der Waals surface area contributed by atoms with Crippen LogP contribution in [-0.2, 0) is 25.5 Å². The SMILES string of the molecule is CC(C)(C)OC(=O)[C@@H]1C[C@H](O)CN1c1nc(CCOCCCC(=O)O)nc2c1oc1ccccc12. The van der Waals surface area contributed by atoms with E-state index in [1.165, 1.54) is 0 Å². The van der Waals surface area contributed by atoms with Crippen molar-refractivity contribution in [3.8, 4) is 0 Å². The summed E-state index contributed by atoms with van der Waals surface area (Å²) in [6.07, 6.45) is 0.376. The summed E-state index contributed by atoms with van der Waals surface area (Å²) in [6.45, 7) is 6.26. The minimum Gasteiger partial charge on any atom is -0.481 e. The van der Waals surface area contributed by atoms with Crippen molar-refractivity contribution in [3.63, 3.8) is 0 Å². The molecule has 0 spiro atoms. The molecule has 4 rings (SSSR count). The van der Waals surface area contributed by atoms with Crippen molar-refractivity contribution in [1.82, 2.24) is 9.97 Å². The van der Waals surface area contributed by atoms with Gasteiger partial charge in [-0.15, -0.1) is 0 Å². The first-order valence-corrected chi connectivity index (χ1v) is 11.8. The van der Waals surface area contributed by atoms with Gasteiger partial charge in [0.2, 0.25) is 0 Å². The van der Waals surface area contributed by atoms with Gasteiger partial charge in [0, 0.05) is 37.8 Å². The molecule has 0 bridgehead atoms. The highest BCUT2D eigenvalue weighted by atomic mass is 16.6. The number of fused-ring (bicyclic) bond motifs is 3. The van der Waals surface area contributed by atoms with Crippen molar-refractivity contribution in [2.24, 2.45) is 0 Å². The second kappa shape index (κ2) is 10.2. The van der Waals surface area contributed by atoms with E-state index in [9.17, 15) is 14.7 Å². The van der Waals surface area contributed by atoms with Crippen LogP contribution in [0.3, 0.4) is 0 Å². The summed E-state index contributed by atoms with van der Waals surface area (Å²) in [5, 5.41) is 20.0. The number of esters is 1. The van der Waals surface area contributed by atoms with Crippen molar-refractivity contribution in [3.05, 3.63) is 30.1 Å². The molecular weight excluding hydrogens is 454 g/mol. The number of aliphatic hydroxyl groups excluding tert-OH is 1. The molecule has 1 aliphatic heterocycles. The van der Waals surface area contributed by atoms with Gasteiger partial charge in [0.25, 0.3) is 0 Å². The molecular formula is C25H31N3O7. The fourth-order valence-electron chi connectivity index (χ4n) is 4.16. The Morgan fingerprint density at radius 3 is 2.71 bits per heavy atom. The third-order valence-electron chi connectivity index (χ3n) is 5.63. The number of carboxylic acids is 1. The average Bonchev–Trinajstić information content (AvgIpc) is 3.35. The fourth-order valence-corrected chi connectivity index (χ4v) is 4.16. The van der Waals surface area contributed by atoms with Gasteiger partial charge in [0.05, 0.1) is 12.7 Å². The lowest BCUT2D eigenvalue weighted by molar-refractivity contribution is -0.156. The number of aliphatic carboxylic acids is 1. The smallest absolute Gasteiger partial charge is 0.329 e. The molecule has 10 nitrogen and oxygen atoms in total. The number of ether oxygens (including phenoxy) is 2. The van der Waals surface area contributed by atoms with Gasteiger partial charge < -0.3 is 29.0 Å². The van der Waals surface area contributed by atoms with Gasteiger partial charge in [-0.3, -0.25) is 4.79 Å². The molecule has 0 saturated carbocycles. The van der Waals surface area contributed by atoms with E-state index in [0.717, 1.165) is 5.39 Å². The van der Waals surface area contributed by atoms with Gasteiger partial charge in [-0.05, 0) is 39.3 Å². The number of hydrogen-bond acceptors (Lipinski definition) is 9. The van der Waals surface area contributed by atoms with Crippen molar-refractivity contribution in [2.45, 2.75) is 64.2 Å². The highest BCUT2D eigenvalue weighted by Crippen LogP contribution is 2.36. The van der Waals surface area contributed by atoms with Crippen LogP contribution in [0.1, 0.15) is 45.9 Å². The van der Waals surface area contributed by atoms with E-state index in [1.54, 1.807) is 25.7 Å². The first kappa shape index (κ1) is 24.9. The molecule has 1 fully saturated rings. The van der Waals surface area contributed by atoms with Crippen LogP contribution in [0.5, 0.6) is 0 Å². The number of β-amino-alcohol motifs (C(OH)–C–C–N with tert-alkyl or cyclic N) is 1. The number of anilines is 1. The Hall–Kier alpha value is -3.24. The van der Waals surface area contributed by atoms with Crippen molar-refractivity contribution in [2.75, 3.05) is 24.7 Å². The Labute approximate surface area is 202 Å².